The van der Waals surface area contributed by atoms with Crippen molar-refractivity contribution in [1.82, 2.24) is 20.3 Å². The third kappa shape index (κ3) is 2.68. The average Bonchev–Trinajstić information content (AvgIpc) is 2.74. The number of aromatic nitrogens is 3. The maximum Gasteiger partial charge on any atom is 0.275 e. The van der Waals surface area contributed by atoms with Crippen LogP contribution in [0.2, 0.25) is 0 Å². The standard InChI is InChI=1S/C10H14N4O2S/c15-7(4-17)3-11-1-6-2-12-9-8(6)13-5-14-10(9)16/h2,5,7,11-12,15,17H,1,3-4H2,(H,13,14,16)/t7-/m0/s1. The first kappa shape index (κ1) is 12.2. The highest BCUT2D eigenvalue weighted by molar-refractivity contribution is 7.80. The predicted octanol–water partition coefficient (Wildman–Crippen LogP) is -0.369. The third-order valence-corrected chi connectivity index (χ3v) is 2.88. The van der Waals surface area contributed by atoms with Crippen LogP contribution < -0.4 is 10.9 Å². The van der Waals surface area contributed by atoms with E-state index >= 15 is 0 Å². The number of aliphatic hydroxyl groups excluding tert-OH is 1. The van der Waals surface area contributed by atoms with E-state index in [2.05, 4.69) is 32.9 Å². The van der Waals surface area contributed by atoms with Crippen LogP contribution in [0.1, 0.15) is 5.56 Å². The van der Waals surface area contributed by atoms with Crippen LogP contribution in [-0.4, -0.2) is 38.5 Å². The van der Waals surface area contributed by atoms with Crippen LogP contribution in [0, 0.1) is 0 Å². The summed E-state index contributed by atoms with van der Waals surface area (Å²) in [6.07, 6.45) is 2.65. The number of aromatic amines is 2. The van der Waals surface area contributed by atoms with Gasteiger partial charge >= 0.3 is 0 Å². The summed E-state index contributed by atoms with van der Waals surface area (Å²) in [5.41, 5.74) is 1.84. The van der Waals surface area contributed by atoms with Gasteiger partial charge in [0.2, 0.25) is 0 Å². The molecule has 92 valence electrons. The molecule has 2 aromatic heterocycles. The van der Waals surface area contributed by atoms with E-state index in [-0.39, 0.29) is 5.56 Å². The number of thiol groups is 1. The number of nitrogens with one attached hydrogen (secondary N) is 3. The second-order valence-corrected chi connectivity index (χ2v) is 4.10. The minimum Gasteiger partial charge on any atom is -0.391 e. The Balaban J connectivity index is 2.09. The molecule has 4 N–H and O–H groups in total. The van der Waals surface area contributed by atoms with Crippen LogP contribution >= 0.6 is 12.6 Å². The molecule has 6 nitrogen and oxygen atoms in total. The smallest absolute Gasteiger partial charge is 0.275 e. The van der Waals surface area contributed by atoms with Crippen LogP contribution in [-0.2, 0) is 6.54 Å². The molecule has 0 saturated carbocycles. The van der Waals surface area contributed by atoms with Crippen LogP contribution in [0.3, 0.4) is 0 Å². The van der Waals surface area contributed by atoms with E-state index in [0.717, 1.165) is 5.56 Å². The summed E-state index contributed by atoms with van der Waals surface area (Å²) in [5, 5.41) is 12.4. The lowest BCUT2D eigenvalue weighted by Crippen LogP contribution is -2.27. The molecule has 0 unspecified atom stereocenters. The minimum atomic E-state index is -0.472. The Morgan fingerprint density at radius 3 is 3.12 bits per heavy atom. The summed E-state index contributed by atoms with van der Waals surface area (Å²) >= 11 is 3.98. The zero-order valence-electron chi connectivity index (χ0n) is 9.10. The Bertz CT molecular complexity index is 550. The van der Waals surface area contributed by atoms with Crippen molar-refractivity contribution in [3.63, 3.8) is 0 Å². The van der Waals surface area contributed by atoms with E-state index in [1.807, 2.05) is 0 Å². The van der Waals surface area contributed by atoms with Crippen molar-refractivity contribution in [1.29, 1.82) is 0 Å². The van der Waals surface area contributed by atoms with Crippen molar-refractivity contribution in [2.45, 2.75) is 12.6 Å². The van der Waals surface area contributed by atoms with Crippen LogP contribution in [0.5, 0.6) is 0 Å². The van der Waals surface area contributed by atoms with E-state index in [4.69, 9.17) is 0 Å². The Kier molecular flexibility index (Phi) is 3.82. The van der Waals surface area contributed by atoms with Gasteiger partial charge in [-0.1, -0.05) is 0 Å². The van der Waals surface area contributed by atoms with Gasteiger partial charge in [0.15, 0.2) is 0 Å². The first-order valence-corrected chi connectivity index (χ1v) is 5.89. The second-order valence-electron chi connectivity index (χ2n) is 3.74. The molecule has 0 fully saturated rings. The van der Waals surface area contributed by atoms with Crippen molar-refractivity contribution in [2.24, 2.45) is 0 Å². The number of aliphatic hydroxyl groups is 1. The summed E-state index contributed by atoms with van der Waals surface area (Å²) < 4.78 is 0. The molecule has 0 aliphatic rings. The lowest BCUT2D eigenvalue weighted by atomic mass is 10.3. The van der Waals surface area contributed by atoms with Gasteiger partial charge < -0.3 is 20.4 Å². The lowest BCUT2D eigenvalue weighted by Gasteiger charge is -2.07. The van der Waals surface area contributed by atoms with Gasteiger partial charge in [-0.3, -0.25) is 4.79 Å². The highest BCUT2D eigenvalue weighted by atomic mass is 32.1. The molecule has 0 aromatic carbocycles. The summed E-state index contributed by atoms with van der Waals surface area (Å²) in [6, 6.07) is 0. The SMILES string of the molecule is O=c1[nH]cnc2c(CNC[C@H](O)CS)c[nH]c12. The van der Waals surface area contributed by atoms with E-state index < -0.39 is 6.10 Å². The van der Waals surface area contributed by atoms with Crippen LogP contribution in [0.4, 0.5) is 0 Å². The molecule has 0 aliphatic carbocycles. The summed E-state index contributed by atoms with van der Waals surface area (Å²) in [6.45, 7) is 1.00. The highest BCUT2D eigenvalue weighted by Crippen LogP contribution is 2.10. The molecule has 0 saturated heterocycles. The molecular formula is C10H14N4O2S. The third-order valence-electron chi connectivity index (χ3n) is 2.45. The number of nitrogens with zero attached hydrogens (tertiary/aromatic N) is 1. The molecule has 1 atom stereocenters. The summed E-state index contributed by atoms with van der Waals surface area (Å²) in [4.78, 5) is 20.9. The van der Waals surface area contributed by atoms with E-state index in [1.54, 1.807) is 6.20 Å². The van der Waals surface area contributed by atoms with Crippen molar-refractivity contribution in [3.05, 3.63) is 28.4 Å². The molecule has 0 amide bonds. The molecule has 0 radical (unpaired) electrons. The van der Waals surface area contributed by atoms with Crippen LogP contribution in [0.15, 0.2) is 17.3 Å². The maximum absolute atomic E-state index is 11.4. The minimum absolute atomic E-state index is 0.184. The fraction of sp³-hybridized carbons (Fsp3) is 0.400. The van der Waals surface area contributed by atoms with Crippen molar-refractivity contribution >= 4 is 23.7 Å². The largest absolute Gasteiger partial charge is 0.391 e. The zero-order chi connectivity index (χ0) is 12.3. The molecule has 2 rings (SSSR count). The maximum atomic E-state index is 11.4. The number of rotatable bonds is 5. The fourth-order valence-corrected chi connectivity index (χ4v) is 1.71. The fourth-order valence-electron chi connectivity index (χ4n) is 1.58. The Labute approximate surface area is 103 Å². The Morgan fingerprint density at radius 2 is 2.35 bits per heavy atom. The van der Waals surface area contributed by atoms with Crippen molar-refractivity contribution < 1.29 is 5.11 Å². The van der Waals surface area contributed by atoms with Gasteiger partial charge in [0, 0.05) is 30.6 Å². The summed E-state index contributed by atoms with van der Waals surface area (Å²) in [7, 11) is 0. The number of fused-ring (bicyclic) bond motifs is 1. The van der Waals surface area contributed by atoms with Gasteiger partial charge in [0.05, 0.1) is 17.9 Å². The quantitative estimate of drug-likeness (QED) is 0.471. The van der Waals surface area contributed by atoms with E-state index in [1.165, 1.54) is 6.33 Å². The molecule has 0 spiro atoms. The Morgan fingerprint density at radius 1 is 1.53 bits per heavy atom. The van der Waals surface area contributed by atoms with E-state index in [0.29, 0.717) is 29.9 Å². The van der Waals surface area contributed by atoms with Gasteiger partial charge in [0.1, 0.15) is 5.52 Å². The topological polar surface area (TPSA) is 93.8 Å². The number of hydrogen-bond acceptors (Lipinski definition) is 5. The molecule has 2 aromatic rings. The molecule has 0 bridgehead atoms. The van der Waals surface area contributed by atoms with Gasteiger partial charge in [-0.2, -0.15) is 12.6 Å². The normalized spacial score (nSPS) is 13.1. The van der Waals surface area contributed by atoms with Gasteiger partial charge in [-0.25, -0.2) is 4.98 Å². The summed E-state index contributed by atoms with van der Waals surface area (Å²) in [5.74, 6) is 0.415. The first-order chi connectivity index (χ1) is 8.22. The Hall–Kier alpha value is -1.31. The molecular weight excluding hydrogens is 240 g/mol. The van der Waals surface area contributed by atoms with Gasteiger partial charge in [-0.15, -0.1) is 0 Å². The number of hydrogen-bond donors (Lipinski definition) is 5. The first-order valence-electron chi connectivity index (χ1n) is 5.25. The molecule has 0 aliphatic heterocycles. The van der Waals surface area contributed by atoms with Gasteiger partial charge in [0.25, 0.3) is 5.56 Å². The van der Waals surface area contributed by atoms with Gasteiger partial charge in [-0.05, 0) is 0 Å². The number of H-pyrrole nitrogens is 2. The second kappa shape index (κ2) is 5.35. The van der Waals surface area contributed by atoms with E-state index in [9.17, 15) is 9.90 Å². The lowest BCUT2D eigenvalue weighted by molar-refractivity contribution is 0.196. The van der Waals surface area contributed by atoms with Crippen molar-refractivity contribution in [3.8, 4) is 0 Å². The predicted molar refractivity (Wildman–Crippen MR) is 68.3 cm³/mol. The average molecular weight is 254 g/mol. The highest BCUT2D eigenvalue weighted by Gasteiger charge is 2.07. The molecule has 17 heavy (non-hydrogen) atoms. The molecule has 2 heterocycles. The monoisotopic (exact) mass is 254 g/mol. The van der Waals surface area contributed by atoms with Crippen molar-refractivity contribution in [2.75, 3.05) is 12.3 Å². The molecule has 7 heteroatoms. The zero-order valence-corrected chi connectivity index (χ0v) is 10.00. The van der Waals surface area contributed by atoms with Crippen LogP contribution in [0.25, 0.3) is 11.0 Å².